The van der Waals surface area contributed by atoms with Crippen molar-refractivity contribution in [1.82, 2.24) is 0 Å². The number of nitrogens with one attached hydrogen (secondary N) is 2. The molecular weight excluding hydrogens is 519 g/mol. The second-order valence-electron chi connectivity index (χ2n) is 6.40. The molecule has 0 bridgehead atoms. The molecule has 7 nitrogen and oxygen atoms in total. The van der Waals surface area contributed by atoms with Crippen LogP contribution in [0.3, 0.4) is 0 Å². The van der Waals surface area contributed by atoms with E-state index in [2.05, 4.69) is 10.0 Å². The van der Waals surface area contributed by atoms with E-state index in [1.54, 1.807) is 11.4 Å². The van der Waals surface area contributed by atoms with Gasteiger partial charge in [0.05, 0.1) is 26.3 Å². The van der Waals surface area contributed by atoms with Gasteiger partial charge < -0.3 is 10.1 Å². The Labute approximate surface area is 203 Å². The van der Waals surface area contributed by atoms with E-state index < -0.39 is 28.0 Å². The van der Waals surface area contributed by atoms with Crippen molar-refractivity contribution >= 4 is 79.4 Å². The van der Waals surface area contributed by atoms with Crippen LogP contribution in [0.25, 0.3) is 0 Å². The van der Waals surface area contributed by atoms with Crippen molar-refractivity contribution in [2.75, 3.05) is 10.0 Å². The number of carbonyl (C=O) groups is 2. The standard InChI is InChI=1S/C20H15Cl3N2O5S2/c1-11(19(26)24-17-10-15(22)14(21)9-16(17)23)30-20(27)12-4-6-13(7-5-12)25-32(28,29)18-3-2-8-31-18/h2-11,25H,1H3,(H,24,26). The number of thiophene rings is 1. The van der Waals surface area contributed by atoms with Gasteiger partial charge in [-0.2, -0.15) is 0 Å². The number of esters is 1. The van der Waals surface area contributed by atoms with E-state index in [-0.39, 0.29) is 36.2 Å². The van der Waals surface area contributed by atoms with Gasteiger partial charge in [-0.15, -0.1) is 11.3 Å². The number of sulfonamides is 1. The molecular formula is C20H15Cl3N2O5S2. The summed E-state index contributed by atoms with van der Waals surface area (Å²) in [5.74, 6) is -1.39. The summed E-state index contributed by atoms with van der Waals surface area (Å²) in [4.78, 5) is 24.7. The van der Waals surface area contributed by atoms with Crippen LogP contribution in [0.2, 0.25) is 15.1 Å². The summed E-state index contributed by atoms with van der Waals surface area (Å²) in [5, 5.41) is 4.77. The van der Waals surface area contributed by atoms with Crippen LogP contribution in [0, 0.1) is 0 Å². The molecule has 12 heteroatoms. The van der Waals surface area contributed by atoms with Crippen LogP contribution < -0.4 is 10.0 Å². The maximum absolute atomic E-state index is 12.4. The Bertz CT molecular complexity index is 1250. The zero-order valence-electron chi connectivity index (χ0n) is 16.3. The van der Waals surface area contributed by atoms with Crippen molar-refractivity contribution in [2.24, 2.45) is 0 Å². The Hall–Kier alpha value is -2.30. The van der Waals surface area contributed by atoms with Crippen molar-refractivity contribution in [1.29, 1.82) is 0 Å². The summed E-state index contributed by atoms with van der Waals surface area (Å²) >= 11 is 18.9. The Morgan fingerprint density at radius 1 is 1.00 bits per heavy atom. The molecule has 0 aliphatic rings. The number of anilines is 2. The maximum atomic E-state index is 12.4. The van der Waals surface area contributed by atoms with Crippen molar-refractivity contribution < 1.29 is 22.7 Å². The lowest BCUT2D eigenvalue weighted by molar-refractivity contribution is -0.123. The van der Waals surface area contributed by atoms with E-state index >= 15 is 0 Å². The van der Waals surface area contributed by atoms with Gasteiger partial charge in [-0.25, -0.2) is 13.2 Å². The lowest BCUT2D eigenvalue weighted by Gasteiger charge is -2.15. The normalized spacial score (nSPS) is 12.1. The number of hydrogen-bond acceptors (Lipinski definition) is 6. The summed E-state index contributed by atoms with van der Waals surface area (Å²) < 4.78 is 32.3. The van der Waals surface area contributed by atoms with Gasteiger partial charge in [0.1, 0.15) is 4.21 Å². The average molecular weight is 534 g/mol. The van der Waals surface area contributed by atoms with Crippen LogP contribution in [-0.2, 0) is 19.6 Å². The molecule has 0 spiro atoms. The van der Waals surface area contributed by atoms with Gasteiger partial charge in [-0.05, 0) is 54.8 Å². The summed E-state index contributed by atoms with van der Waals surface area (Å²) in [7, 11) is -3.70. The van der Waals surface area contributed by atoms with Gasteiger partial charge in [-0.1, -0.05) is 40.9 Å². The van der Waals surface area contributed by atoms with Crippen LogP contribution in [-0.4, -0.2) is 26.4 Å². The number of hydrogen-bond donors (Lipinski definition) is 2. The molecule has 1 unspecified atom stereocenters. The third-order valence-corrected chi connectivity index (χ3v) is 7.87. The fraction of sp³-hybridized carbons (Fsp3) is 0.100. The van der Waals surface area contributed by atoms with Crippen LogP contribution in [0.15, 0.2) is 58.1 Å². The molecule has 32 heavy (non-hydrogen) atoms. The van der Waals surface area contributed by atoms with Gasteiger partial charge in [0.25, 0.3) is 15.9 Å². The fourth-order valence-corrected chi connectivity index (χ4v) is 5.08. The molecule has 0 aliphatic carbocycles. The molecule has 0 saturated heterocycles. The number of benzene rings is 2. The summed E-state index contributed by atoms with van der Waals surface area (Å²) in [6, 6.07) is 11.5. The summed E-state index contributed by atoms with van der Waals surface area (Å²) in [6.45, 7) is 1.39. The highest BCUT2D eigenvalue weighted by molar-refractivity contribution is 7.94. The van der Waals surface area contributed by atoms with E-state index in [0.717, 1.165) is 11.3 Å². The van der Waals surface area contributed by atoms with E-state index in [1.165, 1.54) is 49.4 Å². The van der Waals surface area contributed by atoms with Crippen molar-refractivity contribution in [2.45, 2.75) is 17.2 Å². The first-order valence-electron chi connectivity index (χ1n) is 8.89. The molecule has 1 atom stereocenters. The fourth-order valence-electron chi connectivity index (χ4n) is 2.43. The second-order valence-corrected chi connectivity index (χ2v) is 10.5. The van der Waals surface area contributed by atoms with Crippen LogP contribution in [0.1, 0.15) is 17.3 Å². The number of ether oxygens (including phenoxy) is 1. The number of halogens is 3. The molecule has 3 aromatic rings. The SMILES string of the molecule is CC(OC(=O)c1ccc(NS(=O)(=O)c2cccs2)cc1)C(=O)Nc1cc(Cl)c(Cl)cc1Cl. The van der Waals surface area contributed by atoms with Gasteiger partial charge >= 0.3 is 5.97 Å². The van der Waals surface area contributed by atoms with Crippen molar-refractivity contribution in [3.05, 3.63) is 74.5 Å². The first-order chi connectivity index (χ1) is 15.1. The minimum atomic E-state index is -3.70. The lowest BCUT2D eigenvalue weighted by Crippen LogP contribution is -2.30. The predicted molar refractivity (Wildman–Crippen MR) is 127 cm³/mol. The maximum Gasteiger partial charge on any atom is 0.338 e. The molecule has 2 aromatic carbocycles. The second kappa shape index (κ2) is 10.1. The molecule has 1 amide bonds. The van der Waals surface area contributed by atoms with E-state index in [4.69, 9.17) is 39.5 Å². The van der Waals surface area contributed by atoms with Crippen LogP contribution in [0.5, 0.6) is 0 Å². The number of rotatable bonds is 7. The molecule has 168 valence electrons. The molecule has 0 radical (unpaired) electrons. The van der Waals surface area contributed by atoms with Gasteiger partial charge in [0.2, 0.25) is 0 Å². The predicted octanol–water partition coefficient (Wildman–Crippen LogP) is 5.69. The molecule has 3 rings (SSSR count). The van der Waals surface area contributed by atoms with Gasteiger partial charge in [0.15, 0.2) is 6.10 Å². The van der Waals surface area contributed by atoms with E-state index in [0.29, 0.717) is 0 Å². The largest absolute Gasteiger partial charge is 0.449 e. The third-order valence-electron chi connectivity index (χ3n) is 4.05. The van der Waals surface area contributed by atoms with E-state index in [1.807, 2.05) is 0 Å². The monoisotopic (exact) mass is 532 g/mol. The number of carbonyl (C=O) groups excluding carboxylic acids is 2. The molecule has 0 saturated carbocycles. The minimum absolute atomic E-state index is 0.135. The Balaban J connectivity index is 1.61. The van der Waals surface area contributed by atoms with Crippen molar-refractivity contribution in [3.63, 3.8) is 0 Å². The van der Waals surface area contributed by atoms with Gasteiger partial charge in [0, 0.05) is 5.69 Å². The quantitative estimate of drug-likeness (QED) is 0.300. The molecule has 0 aliphatic heterocycles. The van der Waals surface area contributed by atoms with Gasteiger partial charge in [-0.3, -0.25) is 9.52 Å². The van der Waals surface area contributed by atoms with E-state index in [9.17, 15) is 18.0 Å². The molecule has 1 aromatic heterocycles. The Morgan fingerprint density at radius 3 is 2.28 bits per heavy atom. The highest BCUT2D eigenvalue weighted by Gasteiger charge is 2.21. The lowest BCUT2D eigenvalue weighted by atomic mass is 10.2. The smallest absolute Gasteiger partial charge is 0.338 e. The summed E-state index contributed by atoms with van der Waals surface area (Å²) in [5.41, 5.74) is 0.627. The average Bonchev–Trinajstić information content (AvgIpc) is 3.28. The number of amides is 1. The first kappa shape index (κ1) is 24.3. The zero-order chi connectivity index (χ0) is 23.5. The zero-order valence-corrected chi connectivity index (χ0v) is 20.2. The Kier molecular flexibility index (Phi) is 7.68. The molecule has 0 fully saturated rings. The highest BCUT2D eigenvalue weighted by atomic mass is 35.5. The Morgan fingerprint density at radius 2 is 1.66 bits per heavy atom. The topological polar surface area (TPSA) is 102 Å². The van der Waals surface area contributed by atoms with Crippen molar-refractivity contribution in [3.8, 4) is 0 Å². The highest BCUT2D eigenvalue weighted by Crippen LogP contribution is 2.32. The molecule has 1 heterocycles. The molecule has 2 N–H and O–H groups in total. The summed E-state index contributed by atoms with van der Waals surface area (Å²) in [6.07, 6.45) is -1.15. The first-order valence-corrected chi connectivity index (χ1v) is 12.4. The van der Waals surface area contributed by atoms with Crippen LogP contribution >= 0.6 is 46.1 Å². The van der Waals surface area contributed by atoms with Crippen LogP contribution in [0.4, 0.5) is 11.4 Å². The minimum Gasteiger partial charge on any atom is -0.449 e. The third kappa shape index (κ3) is 5.93.